The van der Waals surface area contributed by atoms with Gasteiger partial charge in [-0.15, -0.1) is 0 Å². The number of halogens is 3. The lowest BCUT2D eigenvalue weighted by molar-refractivity contribution is -0.0359. The standard InChI is InChI=1S/C11H8F3P/c12-11(13,14)15-10-7-3-5-8-4-1-2-6-9(8)10/h1-7,15H. The molecule has 0 aliphatic heterocycles. The third-order valence-corrected chi connectivity index (χ3v) is 3.05. The predicted molar refractivity (Wildman–Crippen MR) is 58.0 cm³/mol. The van der Waals surface area contributed by atoms with E-state index >= 15 is 0 Å². The van der Waals surface area contributed by atoms with Crippen LogP contribution in [0.3, 0.4) is 0 Å². The van der Waals surface area contributed by atoms with E-state index in [1.54, 1.807) is 18.2 Å². The van der Waals surface area contributed by atoms with Gasteiger partial charge in [-0.2, -0.15) is 13.2 Å². The first-order valence-corrected chi connectivity index (χ1v) is 5.39. The molecule has 0 saturated heterocycles. The molecule has 15 heavy (non-hydrogen) atoms. The molecule has 1 unspecified atom stereocenters. The van der Waals surface area contributed by atoms with E-state index in [2.05, 4.69) is 0 Å². The quantitative estimate of drug-likeness (QED) is 0.653. The lowest BCUT2D eigenvalue weighted by atomic mass is 10.1. The maximum atomic E-state index is 12.3. The lowest BCUT2D eigenvalue weighted by Crippen LogP contribution is -2.07. The molecule has 0 aliphatic rings. The zero-order chi connectivity index (χ0) is 10.9. The number of hydrogen-bond acceptors (Lipinski definition) is 0. The van der Waals surface area contributed by atoms with Crippen molar-refractivity contribution in [3.8, 4) is 0 Å². The van der Waals surface area contributed by atoms with Gasteiger partial charge in [0.1, 0.15) is 0 Å². The minimum Gasteiger partial charge on any atom is -0.167 e. The highest BCUT2D eigenvalue weighted by atomic mass is 31.1. The SMILES string of the molecule is FC(F)(F)Pc1cccc2ccccc12. The molecule has 2 rings (SSSR count). The summed E-state index contributed by atoms with van der Waals surface area (Å²) in [5.41, 5.74) is 0. The molecule has 2 aromatic carbocycles. The fourth-order valence-electron chi connectivity index (χ4n) is 1.49. The third-order valence-electron chi connectivity index (χ3n) is 2.07. The molecule has 1 atom stereocenters. The van der Waals surface area contributed by atoms with Crippen LogP contribution in [-0.2, 0) is 0 Å². The van der Waals surface area contributed by atoms with E-state index in [-0.39, 0.29) is 0 Å². The summed E-state index contributed by atoms with van der Waals surface area (Å²) in [7, 11) is -1.13. The number of fused-ring (bicyclic) bond motifs is 1. The van der Waals surface area contributed by atoms with Crippen molar-refractivity contribution in [1.82, 2.24) is 0 Å². The first-order chi connectivity index (χ1) is 7.06. The molecule has 0 aromatic heterocycles. The van der Waals surface area contributed by atoms with Crippen LogP contribution in [0, 0.1) is 0 Å². The first kappa shape index (κ1) is 10.4. The Balaban J connectivity index is 2.52. The Kier molecular flexibility index (Phi) is 2.66. The average molecular weight is 228 g/mol. The maximum absolute atomic E-state index is 12.3. The van der Waals surface area contributed by atoms with Gasteiger partial charge in [0.2, 0.25) is 0 Å². The molecule has 4 heteroatoms. The molecule has 78 valence electrons. The summed E-state index contributed by atoms with van der Waals surface area (Å²) in [5.74, 6) is -4.12. The Bertz CT molecular complexity index is 471. The van der Waals surface area contributed by atoms with Crippen LogP contribution in [0.4, 0.5) is 13.2 Å². The molecule has 2 aromatic rings. The van der Waals surface area contributed by atoms with Crippen molar-refractivity contribution >= 4 is 24.7 Å². The van der Waals surface area contributed by atoms with Crippen LogP contribution in [-0.4, -0.2) is 5.92 Å². The largest absolute Gasteiger partial charge is 0.406 e. The second kappa shape index (κ2) is 3.82. The van der Waals surface area contributed by atoms with E-state index in [1.165, 1.54) is 6.07 Å². The third kappa shape index (κ3) is 2.48. The summed E-state index contributed by atoms with van der Waals surface area (Å²) in [5, 5.41) is 1.91. The normalized spacial score (nSPS) is 12.7. The van der Waals surface area contributed by atoms with Gasteiger partial charge < -0.3 is 0 Å². The number of benzene rings is 2. The number of alkyl halides is 3. The molecule has 0 aliphatic carbocycles. The van der Waals surface area contributed by atoms with E-state index in [4.69, 9.17) is 0 Å². The molecule has 0 amide bonds. The van der Waals surface area contributed by atoms with Gasteiger partial charge in [-0.05, 0) is 16.1 Å². The van der Waals surface area contributed by atoms with Crippen LogP contribution in [0.5, 0.6) is 0 Å². The van der Waals surface area contributed by atoms with Crippen molar-refractivity contribution in [2.45, 2.75) is 5.92 Å². The van der Waals surface area contributed by atoms with Crippen molar-refractivity contribution in [1.29, 1.82) is 0 Å². The van der Waals surface area contributed by atoms with Gasteiger partial charge in [-0.25, -0.2) is 0 Å². The smallest absolute Gasteiger partial charge is 0.167 e. The zero-order valence-corrected chi connectivity index (χ0v) is 8.68. The molecular weight excluding hydrogens is 220 g/mol. The van der Waals surface area contributed by atoms with Gasteiger partial charge in [0.05, 0.1) is 0 Å². The summed E-state index contributed by atoms with van der Waals surface area (Å²) >= 11 is 0. The van der Waals surface area contributed by atoms with E-state index < -0.39 is 14.5 Å². The molecule has 0 fully saturated rings. The van der Waals surface area contributed by atoms with E-state index in [0.717, 1.165) is 5.39 Å². The minimum absolute atomic E-state index is 0.362. The molecule has 0 radical (unpaired) electrons. The Morgan fingerprint density at radius 1 is 0.867 bits per heavy atom. The highest BCUT2D eigenvalue weighted by Gasteiger charge is 2.28. The van der Waals surface area contributed by atoms with Crippen molar-refractivity contribution in [2.75, 3.05) is 0 Å². The summed E-state index contributed by atoms with van der Waals surface area (Å²) in [6, 6.07) is 12.1. The van der Waals surface area contributed by atoms with Crippen molar-refractivity contribution in [3.05, 3.63) is 42.5 Å². The number of rotatable bonds is 1. The van der Waals surface area contributed by atoms with Crippen LogP contribution in [0.2, 0.25) is 0 Å². The second-order valence-corrected chi connectivity index (χ2v) is 4.51. The molecule has 0 spiro atoms. The topological polar surface area (TPSA) is 0 Å². The average Bonchev–Trinajstić information content (AvgIpc) is 2.16. The summed E-state index contributed by atoms with van der Waals surface area (Å²) in [4.78, 5) is 0. The Hall–Kier alpha value is -1.08. The van der Waals surface area contributed by atoms with Crippen LogP contribution in [0.15, 0.2) is 42.5 Å². The fourth-order valence-corrected chi connectivity index (χ4v) is 2.33. The van der Waals surface area contributed by atoms with Gasteiger partial charge in [0.15, 0.2) is 0 Å². The van der Waals surface area contributed by atoms with Crippen molar-refractivity contribution in [3.63, 3.8) is 0 Å². The number of hydrogen-bond donors (Lipinski definition) is 0. The molecular formula is C11H8F3P. The first-order valence-electron chi connectivity index (χ1n) is 4.39. The van der Waals surface area contributed by atoms with Crippen LogP contribution in [0.25, 0.3) is 10.8 Å². The Morgan fingerprint density at radius 3 is 2.27 bits per heavy atom. The summed E-state index contributed by atoms with van der Waals surface area (Å²) in [6.45, 7) is 0. The zero-order valence-electron chi connectivity index (χ0n) is 7.68. The van der Waals surface area contributed by atoms with Gasteiger partial charge in [0.25, 0.3) is 0 Å². The van der Waals surface area contributed by atoms with Crippen LogP contribution < -0.4 is 5.30 Å². The fraction of sp³-hybridized carbons (Fsp3) is 0.0909. The minimum atomic E-state index is -4.12. The van der Waals surface area contributed by atoms with E-state index in [0.29, 0.717) is 10.7 Å². The predicted octanol–water partition coefficient (Wildman–Crippen LogP) is 3.66. The Morgan fingerprint density at radius 2 is 1.53 bits per heavy atom. The van der Waals surface area contributed by atoms with E-state index in [9.17, 15) is 13.2 Å². The van der Waals surface area contributed by atoms with Crippen molar-refractivity contribution in [2.24, 2.45) is 0 Å². The summed E-state index contributed by atoms with van der Waals surface area (Å²) in [6.07, 6.45) is 0. The highest BCUT2D eigenvalue weighted by Crippen LogP contribution is 2.37. The maximum Gasteiger partial charge on any atom is 0.406 e. The molecule has 0 heterocycles. The molecule has 0 nitrogen and oxygen atoms in total. The second-order valence-electron chi connectivity index (χ2n) is 3.15. The van der Waals surface area contributed by atoms with E-state index in [1.807, 2.05) is 18.2 Å². The molecule has 0 saturated carbocycles. The monoisotopic (exact) mass is 228 g/mol. The van der Waals surface area contributed by atoms with Gasteiger partial charge in [-0.1, -0.05) is 42.5 Å². The van der Waals surface area contributed by atoms with Crippen molar-refractivity contribution < 1.29 is 13.2 Å². The highest BCUT2D eigenvalue weighted by molar-refractivity contribution is 7.48. The van der Waals surface area contributed by atoms with Crippen LogP contribution in [0.1, 0.15) is 0 Å². The van der Waals surface area contributed by atoms with Crippen LogP contribution >= 0.6 is 8.58 Å². The van der Waals surface area contributed by atoms with Gasteiger partial charge in [0, 0.05) is 8.58 Å². The van der Waals surface area contributed by atoms with Gasteiger partial charge >= 0.3 is 5.92 Å². The summed E-state index contributed by atoms with van der Waals surface area (Å²) < 4.78 is 36.8. The molecule has 0 N–H and O–H groups in total. The Labute approximate surface area is 86.9 Å². The molecule has 0 bridgehead atoms. The van der Waals surface area contributed by atoms with Gasteiger partial charge in [-0.3, -0.25) is 0 Å². The lowest BCUT2D eigenvalue weighted by Gasteiger charge is -2.09.